The molecule has 47 heavy (non-hydrogen) atoms. The molecule has 1 N–H and O–H groups in total. The maximum absolute atomic E-state index is 11.7. The van der Waals surface area contributed by atoms with Crippen molar-refractivity contribution in [2.45, 2.75) is 49.9 Å². The van der Waals surface area contributed by atoms with Gasteiger partial charge in [0.15, 0.2) is 0 Å². The van der Waals surface area contributed by atoms with Crippen LogP contribution in [0.3, 0.4) is 0 Å². The topological polar surface area (TPSA) is 102 Å². The van der Waals surface area contributed by atoms with Gasteiger partial charge in [0.05, 0.1) is 11.4 Å². The molecule has 0 bridgehead atoms. The second kappa shape index (κ2) is 16.0. The van der Waals surface area contributed by atoms with Crippen LogP contribution in [0.15, 0.2) is 105 Å². The van der Waals surface area contributed by atoms with Gasteiger partial charge in [-0.2, -0.15) is 0 Å². The summed E-state index contributed by atoms with van der Waals surface area (Å²) in [7, 11) is 0. The Kier molecular flexibility index (Phi) is 11.6. The number of hydrogen-bond donors (Lipinski definition) is 1. The number of phenolic OH excluding ortho intramolecular Hbond substituents is 1. The highest BCUT2D eigenvalue weighted by atomic mass is 35.5. The number of aromatic hydroxyl groups is 1. The number of halogens is 1. The predicted octanol–water partition coefficient (Wildman–Crippen LogP) is 9.07. The minimum Gasteiger partial charge on any atom is -0.508 e. The molecular formula is C36H34ClN3O5S2. The Labute approximate surface area is 286 Å². The molecular weight excluding hydrogens is 654 g/mol. The number of oxime groups is 2. The second-order valence-corrected chi connectivity index (χ2v) is 13.4. The zero-order chi connectivity index (χ0) is 33.3. The number of aryl methyl sites for hydroxylation is 1. The molecule has 0 aliphatic heterocycles. The van der Waals surface area contributed by atoms with E-state index in [0.717, 1.165) is 55.0 Å². The van der Waals surface area contributed by atoms with E-state index in [-0.39, 0.29) is 5.75 Å². The van der Waals surface area contributed by atoms with Crippen molar-refractivity contribution in [2.24, 2.45) is 10.3 Å². The molecule has 0 amide bonds. The van der Waals surface area contributed by atoms with Crippen LogP contribution in [0.25, 0.3) is 21.8 Å². The monoisotopic (exact) mass is 687 g/mol. The molecule has 242 valence electrons. The van der Waals surface area contributed by atoms with Gasteiger partial charge in [0.2, 0.25) is 0 Å². The van der Waals surface area contributed by atoms with Crippen molar-refractivity contribution in [1.29, 1.82) is 0 Å². The van der Waals surface area contributed by atoms with Crippen LogP contribution in [-0.2, 0) is 25.8 Å². The fourth-order valence-corrected chi connectivity index (χ4v) is 6.98. The van der Waals surface area contributed by atoms with E-state index in [0.29, 0.717) is 35.0 Å². The number of carbonyl (C=O) groups is 2. The lowest BCUT2D eigenvalue weighted by Crippen LogP contribution is -2.06. The van der Waals surface area contributed by atoms with Gasteiger partial charge in [0.25, 0.3) is 0 Å². The Morgan fingerprint density at radius 1 is 0.723 bits per heavy atom. The van der Waals surface area contributed by atoms with Gasteiger partial charge in [0, 0.05) is 92.5 Å². The first-order chi connectivity index (χ1) is 22.7. The molecule has 0 radical (unpaired) electrons. The summed E-state index contributed by atoms with van der Waals surface area (Å²) in [6, 6.07) is 27.0. The summed E-state index contributed by atoms with van der Waals surface area (Å²) in [6.07, 6.45) is 1.12. The van der Waals surface area contributed by atoms with E-state index in [1.54, 1.807) is 35.7 Å². The van der Waals surface area contributed by atoms with E-state index >= 15 is 0 Å². The number of carbonyl (C=O) groups excluding carboxylic acids is 2. The molecule has 8 nitrogen and oxygen atoms in total. The Bertz CT molecular complexity index is 1820. The fraction of sp³-hybridized carbons (Fsp3) is 0.222. The maximum atomic E-state index is 11.7. The molecule has 5 aromatic rings. The standard InChI is InChI=1S/C36H34ClN3O5S2/c1-4-40-35-15-5-25(33(38-44-23(2)41)17-19-46-29-11-7-27(37)8-12-29)21-31(35)32-22-26(6-16-36(32)40)34(39-45-24(3)42)18-20-47-30-13-9-28(43)10-14-30/h5-16,21-22,43H,4,17-20H2,1-3H3/b38-33+,39-34+. The molecule has 0 aliphatic carbocycles. The van der Waals surface area contributed by atoms with Gasteiger partial charge < -0.3 is 19.3 Å². The van der Waals surface area contributed by atoms with Crippen molar-refractivity contribution in [2.75, 3.05) is 11.5 Å². The lowest BCUT2D eigenvalue weighted by molar-refractivity contribution is -0.141. The van der Waals surface area contributed by atoms with E-state index in [1.165, 1.54) is 13.8 Å². The number of fused-ring (bicyclic) bond motifs is 3. The lowest BCUT2D eigenvalue weighted by atomic mass is 10.0. The number of phenols is 1. The quantitative estimate of drug-likeness (QED) is 0.0570. The minimum atomic E-state index is -0.490. The normalized spacial score (nSPS) is 12.1. The summed E-state index contributed by atoms with van der Waals surface area (Å²) >= 11 is 9.34. The second-order valence-electron chi connectivity index (χ2n) is 10.6. The molecule has 0 atom stereocenters. The molecule has 11 heteroatoms. The Morgan fingerprint density at radius 2 is 1.17 bits per heavy atom. The summed E-state index contributed by atoms with van der Waals surface area (Å²) in [5.74, 6) is 0.655. The largest absolute Gasteiger partial charge is 0.508 e. The van der Waals surface area contributed by atoms with Crippen molar-refractivity contribution < 1.29 is 24.4 Å². The van der Waals surface area contributed by atoms with Gasteiger partial charge in [0.1, 0.15) is 5.75 Å². The summed E-state index contributed by atoms with van der Waals surface area (Å²) in [5.41, 5.74) is 5.14. The van der Waals surface area contributed by atoms with Crippen molar-refractivity contribution in [3.05, 3.63) is 101 Å². The Hall–Kier alpha value is -4.25. The third-order valence-electron chi connectivity index (χ3n) is 7.28. The van der Waals surface area contributed by atoms with Crippen molar-refractivity contribution in [3.8, 4) is 5.75 Å². The summed E-state index contributed by atoms with van der Waals surface area (Å²) in [6.45, 7) is 5.54. The third-order valence-corrected chi connectivity index (χ3v) is 9.56. The first-order valence-corrected chi connectivity index (χ1v) is 17.4. The smallest absolute Gasteiger partial charge is 0.331 e. The van der Waals surface area contributed by atoms with Crippen LogP contribution < -0.4 is 0 Å². The lowest BCUT2D eigenvalue weighted by Gasteiger charge is -2.08. The molecule has 0 spiro atoms. The highest BCUT2D eigenvalue weighted by Gasteiger charge is 2.16. The average molecular weight is 688 g/mol. The number of nitrogens with zero attached hydrogens (tertiary/aromatic N) is 3. The van der Waals surface area contributed by atoms with Crippen LogP contribution >= 0.6 is 35.1 Å². The molecule has 0 unspecified atom stereocenters. The number of thioether (sulfide) groups is 2. The van der Waals surface area contributed by atoms with E-state index in [9.17, 15) is 14.7 Å². The zero-order valence-electron chi connectivity index (χ0n) is 26.2. The number of aromatic nitrogens is 1. The van der Waals surface area contributed by atoms with Crippen molar-refractivity contribution in [3.63, 3.8) is 0 Å². The first-order valence-electron chi connectivity index (χ1n) is 15.1. The Balaban J connectivity index is 1.47. The molecule has 0 aliphatic rings. The maximum Gasteiger partial charge on any atom is 0.331 e. The van der Waals surface area contributed by atoms with Crippen LogP contribution in [0.5, 0.6) is 5.75 Å². The van der Waals surface area contributed by atoms with Crippen molar-refractivity contribution >= 4 is 80.3 Å². The third kappa shape index (κ3) is 8.97. The van der Waals surface area contributed by atoms with E-state index in [1.807, 2.05) is 48.5 Å². The molecule has 1 heterocycles. The minimum absolute atomic E-state index is 0.218. The molecule has 4 aromatic carbocycles. The molecule has 1 aromatic heterocycles. The van der Waals surface area contributed by atoms with Gasteiger partial charge in [-0.05, 0) is 79.7 Å². The summed E-state index contributed by atoms with van der Waals surface area (Å²) < 4.78 is 2.25. The summed E-state index contributed by atoms with van der Waals surface area (Å²) in [4.78, 5) is 35.7. The molecule has 0 fully saturated rings. The van der Waals surface area contributed by atoms with E-state index in [4.69, 9.17) is 21.3 Å². The van der Waals surface area contributed by atoms with E-state index < -0.39 is 11.9 Å². The van der Waals surface area contributed by atoms with Gasteiger partial charge >= 0.3 is 11.9 Å². The predicted molar refractivity (Wildman–Crippen MR) is 192 cm³/mol. The summed E-state index contributed by atoms with van der Waals surface area (Å²) in [5, 5.41) is 20.8. The highest BCUT2D eigenvalue weighted by Crippen LogP contribution is 2.32. The number of hydrogen-bond acceptors (Lipinski definition) is 9. The molecule has 0 saturated carbocycles. The Morgan fingerprint density at radius 3 is 1.60 bits per heavy atom. The SMILES string of the molecule is CCn1c2ccc(/C(CCSc3ccc(O)cc3)=N/OC(C)=O)cc2c2cc(/C(CCSc3ccc(Cl)cc3)=N/OC(C)=O)ccc21. The van der Waals surface area contributed by atoms with Gasteiger partial charge in [-0.3, -0.25) is 0 Å². The zero-order valence-corrected chi connectivity index (χ0v) is 28.6. The van der Waals surface area contributed by atoms with Gasteiger partial charge in [-0.25, -0.2) is 9.59 Å². The van der Waals surface area contributed by atoms with Gasteiger partial charge in [-0.1, -0.05) is 34.0 Å². The molecule has 0 saturated heterocycles. The van der Waals surface area contributed by atoms with E-state index in [2.05, 4.69) is 46.1 Å². The number of rotatable bonds is 13. The highest BCUT2D eigenvalue weighted by molar-refractivity contribution is 7.99. The first kappa shape index (κ1) is 34.1. The van der Waals surface area contributed by atoms with Crippen molar-refractivity contribution in [1.82, 2.24) is 4.57 Å². The molecule has 5 rings (SSSR count). The average Bonchev–Trinajstić information content (AvgIpc) is 3.38. The van der Waals surface area contributed by atoms with Gasteiger partial charge in [-0.15, -0.1) is 23.5 Å². The fourth-order valence-electron chi connectivity index (χ4n) is 5.13. The van der Waals surface area contributed by atoms with Crippen LogP contribution in [0, 0.1) is 0 Å². The van der Waals surface area contributed by atoms with Crippen LogP contribution in [0.1, 0.15) is 44.7 Å². The number of benzene rings is 4. The van der Waals surface area contributed by atoms with Crippen LogP contribution in [0.2, 0.25) is 5.02 Å². The van der Waals surface area contributed by atoms with Crippen LogP contribution in [-0.4, -0.2) is 44.5 Å². The van der Waals surface area contributed by atoms with Crippen LogP contribution in [0.4, 0.5) is 0 Å².